The summed E-state index contributed by atoms with van der Waals surface area (Å²) in [7, 11) is 1.86. The van der Waals surface area contributed by atoms with Crippen molar-refractivity contribution in [2.45, 2.75) is 38.1 Å². The van der Waals surface area contributed by atoms with Crippen LogP contribution in [0.1, 0.15) is 52.8 Å². The Morgan fingerprint density at radius 3 is 2.24 bits per heavy atom. The zero-order valence-corrected chi connectivity index (χ0v) is 16.5. The number of hydrogen-bond donors (Lipinski definition) is 3. The fraction of sp³-hybridized carbons (Fsp3) is 0.318. The number of carbonyl (C=O) groups excluding carboxylic acids is 3. The molecular formula is C22H26N4O3. The molecule has 0 atom stereocenters. The van der Waals surface area contributed by atoms with E-state index < -0.39 is 6.03 Å². The molecule has 152 valence electrons. The zero-order valence-electron chi connectivity index (χ0n) is 16.5. The van der Waals surface area contributed by atoms with Crippen LogP contribution in [-0.2, 0) is 0 Å². The molecule has 0 bridgehead atoms. The Morgan fingerprint density at radius 2 is 1.59 bits per heavy atom. The van der Waals surface area contributed by atoms with Gasteiger partial charge in [-0.15, -0.1) is 0 Å². The second-order valence-electron chi connectivity index (χ2n) is 7.31. The Morgan fingerprint density at radius 1 is 0.897 bits per heavy atom. The minimum Gasteiger partial charge on any atom is -0.351 e. The molecule has 2 aromatic rings. The van der Waals surface area contributed by atoms with Crippen LogP contribution >= 0.6 is 0 Å². The number of rotatable bonds is 5. The van der Waals surface area contributed by atoms with E-state index in [1.807, 2.05) is 11.9 Å². The topological polar surface area (TPSA) is 105 Å². The number of primary amides is 1. The van der Waals surface area contributed by atoms with E-state index in [0.717, 1.165) is 12.8 Å². The molecule has 0 unspecified atom stereocenters. The summed E-state index contributed by atoms with van der Waals surface area (Å²) >= 11 is 0. The van der Waals surface area contributed by atoms with Gasteiger partial charge in [-0.3, -0.25) is 9.59 Å². The molecule has 4 N–H and O–H groups in total. The zero-order chi connectivity index (χ0) is 20.8. The maximum Gasteiger partial charge on any atom is 0.316 e. The van der Waals surface area contributed by atoms with Gasteiger partial charge >= 0.3 is 6.03 Å². The van der Waals surface area contributed by atoms with Gasteiger partial charge in [-0.25, -0.2) is 4.79 Å². The highest BCUT2D eigenvalue weighted by Crippen LogP contribution is 2.23. The number of amides is 4. The first-order valence-corrected chi connectivity index (χ1v) is 9.79. The number of nitrogens with two attached hydrogens (primary N) is 1. The predicted molar refractivity (Wildman–Crippen MR) is 113 cm³/mol. The van der Waals surface area contributed by atoms with Crippen molar-refractivity contribution in [3.63, 3.8) is 0 Å². The van der Waals surface area contributed by atoms with Gasteiger partial charge in [-0.05, 0) is 55.3 Å². The molecule has 0 aliphatic heterocycles. The lowest BCUT2D eigenvalue weighted by molar-refractivity contribution is 0.0696. The third-order valence-electron chi connectivity index (χ3n) is 5.22. The van der Waals surface area contributed by atoms with Crippen LogP contribution in [0.4, 0.5) is 16.2 Å². The molecular weight excluding hydrogens is 368 g/mol. The molecule has 2 aromatic carbocycles. The van der Waals surface area contributed by atoms with Gasteiger partial charge in [0.05, 0.1) is 0 Å². The lowest BCUT2D eigenvalue weighted by Crippen LogP contribution is -2.38. The van der Waals surface area contributed by atoms with E-state index in [1.54, 1.807) is 42.5 Å². The van der Waals surface area contributed by atoms with Crippen molar-refractivity contribution in [1.29, 1.82) is 0 Å². The molecule has 1 aliphatic carbocycles. The van der Waals surface area contributed by atoms with Crippen molar-refractivity contribution in [3.8, 4) is 0 Å². The first-order valence-electron chi connectivity index (χ1n) is 9.79. The first kappa shape index (κ1) is 20.4. The molecule has 0 radical (unpaired) electrons. The van der Waals surface area contributed by atoms with Gasteiger partial charge in [0, 0.05) is 35.6 Å². The van der Waals surface area contributed by atoms with E-state index in [1.165, 1.54) is 25.3 Å². The Kier molecular flexibility index (Phi) is 6.49. The number of hydrogen-bond acceptors (Lipinski definition) is 3. The van der Waals surface area contributed by atoms with Gasteiger partial charge < -0.3 is 21.3 Å². The number of benzene rings is 2. The lowest BCUT2D eigenvalue weighted by atomic mass is 9.94. The van der Waals surface area contributed by atoms with Gasteiger partial charge in [0.2, 0.25) is 0 Å². The minimum absolute atomic E-state index is 0.00000352. The summed E-state index contributed by atoms with van der Waals surface area (Å²) in [6.07, 6.45) is 5.70. The summed E-state index contributed by atoms with van der Waals surface area (Å²) in [6, 6.07) is 13.0. The Bertz CT molecular complexity index is 889. The summed E-state index contributed by atoms with van der Waals surface area (Å²) in [5, 5.41) is 5.23. The summed E-state index contributed by atoms with van der Waals surface area (Å²) in [4.78, 5) is 38.0. The van der Waals surface area contributed by atoms with Crippen molar-refractivity contribution < 1.29 is 14.4 Å². The van der Waals surface area contributed by atoms with Crippen molar-refractivity contribution in [1.82, 2.24) is 4.90 Å². The van der Waals surface area contributed by atoms with E-state index in [0.29, 0.717) is 28.5 Å². The van der Waals surface area contributed by atoms with Crippen molar-refractivity contribution in [3.05, 3.63) is 59.7 Å². The van der Waals surface area contributed by atoms with E-state index in [4.69, 9.17) is 5.73 Å². The molecule has 0 heterocycles. The van der Waals surface area contributed by atoms with Crippen LogP contribution in [-0.4, -0.2) is 35.8 Å². The summed E-state index contributed by atoms with van der Waals surface area (Å²) in [6.45, 7) is 0. The van der Waals surface area contributed by atoms with E-state index >= 15 is 0 Å². The van der Waals surface area contributed by atoms with Crippen LogP contribution in [0.2, 0.25) is 0 Å². The Hall–Kier alpha value is -3.35. The second kappa shape index (κ2) is 9.23. The van der Waals surface area contributed by atoms with Gasteiger partial charge in [-0.2, -0.15) is 0 Å². The largest absolute Gasteiger partial charge is 0.351 e. The molecule has 0 saturated heterocycles. The molecule has 4 amide bonds. The fourth-order valence-electron chi connectivity index (χ4n) is 3.62. The quantitative estimate of drug-likeness (QED) is 0.718. The molecule has 3 rings (SSSR count). The first-order chi connectivity index (χ1) is 13.9. The van der Waals surface area contributed by atoms with Crippen LogP contribution in [0.3, 0.4) is 0 Å². The number of nitrogens with zero attached hydrogens (tertiary/aromatic N) is 1. The van der Waals surface area contributed by atoms with Gasteiger partial charge in [-0.1, -0.05) is 25.3 Å². The summed E-state index contributed by atoms with van der Waals surface area (Å²) in [5.41, 5.74) is 7.11. The van der Waals surface area contributed by atoms with Gasteiger partial charge in [0.25, 0.3) is 11.8 Å². The van der Waals surface area contributed by atoms with Gasteiger partial charge in [0.1, 0.15) is 0 Å². The molecule has 0 aromatic heterocycles. The minimum atomic E-state index is -0.694. The fourth-order valence-corrected chi connectivity index (χ4v) is 3.62. The highest BCUT2D eigenvalue weighted by atomic mass is 16.2. The molecule has 1 aliphatic rings. The standard InChI is InChI=1S/C22H26N4O3/c1-26(19-8-3-2-4-9-19)21(28)15-10-12-17(13-11-15)24-20(27)16-6-5-7-18(14-16)25-22(23)29/h5-7,10-14,19H,2-4,8-9H2,1H3,(H,24,27)(H3,23,25,29). The van der Waals surface area contributed by atoms with Crippen LogP contribution in [0.25, 0.3) is 0 Å². The van der Waals surface area contributed by atoms with E-state index in [-0.39, 0.29) is 11.8 Å². The normalized spacial score (nSPS) is 14.1. The van der Waals surface area contributed by atoms with Crippen molar-refractivity contribution in [2.75, 3.05) is 17.7 Å². The monoisotopic (exact) mass is 394 g/mol. The maximum absolute atomic E-state index is 12.7. The molecule has 7 heteroatoms. The van der Waals surface area contributed by atoms with Gasteiger partial charge in [0.15, 0.2) is 0 Å². The maximum atomic E-state index is 12.7. The number of urea groups is 1. The Labute approximate surface area is 170 Å². The third-order valence-corrected chi connectivity index (χ3v) is 5.22. The molecule has 1 fully saturated rings. The van der Waals surface area contributed by atoms with E-state index in [2.05, 4.69) is 10.6 Å². The van der Waals surface area contributed by atoms with Crippen molar-refractivity contribution in [2.24, 2.45) is 5.73 Å². The summed E-state index contributed by atoms with van der Waals surface area (Å²) in [5.74, 6) is -0.323. The SMILES string of the molecule is CN(C(=O)c1ccc(NC(=O)c2cccc(NC(N)=O)c2)cc1)C1CCCCC1. The highest BCUT2D eigenvalue weighted by Gasteiger charge is 2.22. The average Bonchev–Trinajstić information content (AvgIpc) is 2.73. The predicted octanol–water partition coefficient (Wildman–Crippen LogP) is 3.83. The smallest absolute Gasteiger partial charge is 0.316 e. The number of nitrogens with one attached hydrogen (secondary N) is 2. The van der Waals surface area contributed by atoms with Crippen LogP contribution in [0, 0.1) is 0 Å². The third kappa shape index (κ3) is 5.34. The number of anilines is 2. The van der Waals surface area contributed by atoms with Crippen LogP contribution in [0.15, 0.2) is 48.5 Å². The Balaban J connectivity index is 1.63. The highest BCUT2D eigenvalue weighted by molar-refractivity contribution is 6.05. The van der Waals surface area contributed by atoms with Crippen molar-refractivity contribution >= 4 is 29.2 Å². The van der Waals surface area contributed by atoms with Crippen LogP contribution in [0.5, 0.6) is 0 Å². The molecule has 0 spiro atoms. The van der Waals surface area contributed by atoms with E-state index in [9.17, 15) is 14.4 Å². The van der Waals surface area contributed by atoms with Crippen LogP contribution < -0.4 is 16.4 Å². The summed E-state index contributed by atoms with van der Waals surface area (Å²) < 4.78 is 0. The average molecular weight is 394 g/mol. The second-order valence-corrected chi connectivity index (χ2v) is 7.31. The molecule has 7 nitrogen and oxygen atoms in total. The lowest BCUT2D eigenvalue weighted by Gasteiger charge is -2.31. The number of carbonyl (C=O) groups is 3. The molecule has 1 saturated carbocycles. The molecule has 29 heavy (non-hydrogen) atoms.